The molecule has 0 aromatic heterocycles. The molecule has 0 atom stereocenters. The van der Waals surface area contributed by atoms with Crippen molar-refractivity contribution in [3.05, 3.63) is 29.3 Å². The fourth-order valence-electron chi connectivity index (χ4n) is 1.92. The van der Waals surface area contributed by atoms with Crippen molar-refractivity contribution in [2.24, 2.45) is 0 Å². The van der Waals surface area contributed by atoms with E-state index in [2.05, 4.69) is 31.9 Å². The number of carbonyl (C=O) groups excluding carboxylic acids is 1. The molecule has 0 N–H and O–H groups in total. The van der Waals surface area contributed by atoms with Crippen LogP contribution in [0.25, 0.3) is 0 Å². The molecule has 0 heterocycles. The Morgan fingerprint density at radius 1 is 1.29 bits per heavy atom. The number of hydrogen-bond acceptors (Lipinski definition) is 2. The summed E-state index contributed by atoms with van der Waals surface area (Å²) in [6, 6.07) is 6.00. The first-order valence-corrected chi connectivity index (χ1v) is 5.95. The van der Waals surface area contributed by atoms with E-state index in [1.54, 1.807) is 6.92 Å². The van der Waals surface area contributed by atoms with Gasteiger partial charge in [0.25, 0.3) is 0 Å². The van der Waals surface area contributed by atoms with Crippen LogP contribution < -0.4 is 4.90 Å². The SMILES string of the molecule is CCCN(C)c1ccc(C(C)=O)cc1CC.[Y]. The molecule has 0 spiro atoms. The van der Waals surface area contributed by atoms with Gasteiger partial charge in [0, 0.05) is 57.6 Å². The van der Waals surface area contributed by atoms with Gasteiger partial charge in [-0.05, 0) is 43.5 Å². The fourth-order valence-corrected chi connectivity index (χ4v) is 1.92. The number of aryl methyl sites for hydroxylation is 1. The quantitative estimate of drug-likeness (QED) is 0.778. The van der Waals surface area contributed by atoms with Crippen molar-refractivity contribution in [3.63, 3.8) is 0 Å². The maximum atomic E-state index is 11.3. The summed E-state index contributed by atoms with van der Waals surface area (Å²) in [6.45, 7) is 6.96. The normalized spacial score (nSPS) is 9.65. The van der Waals surface area contributed by atoms with Crippen molar-refractivity contribution in [2.75, 3.05) is 18.5 Å². The van der Waals surface area contributed by atoms with Gasteiger partial charge in [0.15, 0.2) is 5.78 Å². The minimum Gasteiger partial charge on any atom is -0.374 e. The molecule has 0 saturated carbocycles. The van der Waals surface area contributed by atoms with E-state index in [4.69, 9.17) is 0 Å². The van der Waals surface area contributed by atoms with Gasteiger partial charge in [0.1, 0.15) is 0 Å². The van der Waals surface area contributed by atoms with E-state index >= 15 is 0 Å². The molecule has 17 heavy (non-hydrogen) atoms. The third-order valence-electron chi connectivity index (χ3n) is 2.84. The second-order valence-corrected chi connectivity index (χ2v) is 4.17. The fraction of sp³-hybridized carbons (Fsp3) is 0.500. The summed E-state index contributed by atoms with van der Waals surface area (Å²) in [7, 11) is 2.10. The van der Waals surface area contributed by atoms with Gasteiger partial charge in [-0.1, -0.05) is 13.8 Å². The van der Waals surface area contributed by atoms with E-state index < -0.39 is 0 Å². The summed E-state index contributed by atoms with van der Waals surface area (Å²) in [5.41, 5.74) is 3.31. The van der Waals surface area contributed by atoms with Crippen molar-refractivity contribution in [1.29, 1.82) is 0 Å². The van der Waals surface area contributed by atoms with E-state index in [9.17, 15) is 4.79 Å². The van der Waals surface area contributed by atoms with Gasteiger partial charge >= 0.3 is 0 Å². The first kappa shape index (κ1) is 16.8. The third-order valence-corrected chi connectivity index (χ3v) is 2.84. The van der Waals surface area contributed by atoms with Crippen molar-refractivity contribution in [2.45, 2.75) is 33.6 Å². The van der Waals surface area contributed by atoms with Crippen LogP contribution in [0, 0.1) is 0 Å². The maximum absolute atomic E-state index is 11.3. The van der Waals surface area contributed by atoms with Crippen molar-refractivity contribution in [1.82, 2.24) is 0 Å². The monoisotopic (exact) mass is 308 g/mol. The van der Waals surface area contributed by atoms with Crippen LogP contribution in [-0.4, -0.2) is 19.4 Å². The zero-order chi connectivity index (χ0) is 12.1. The largest absolute Gasteiger partial charge is 0.374 e. The number of hydrogen-bond donors (Lipinski definition) is 0. The van der Waals surface area contributed by atoms with Crippen LogP contribution in [-0.2, 0) is 39.1 Å². The predicted molar refractivity (Wildman–Crippen MR) is 69.4 cm³/mol. The minimum atomic E-state index is 0. The Kier molecular flexibility index (Phi) is 7.90. The average Bonchev–Trinajstić information content (AvgIpc) is 2.28. The molecule has 0 fully saturated rings. The molecule has 1 radical (unpaired) electrons. The molecule has 0 aliphatic rings. The van der Waals surface area contributed by atoms with E-state index in [0.717, 1.165) is 24.9 Å². The Hall–Kier alpha value is -0.206. The van der Waals surface area contributed by atoms with Gasteiger partial charge in [0.05, 0.1) is 0 Å². The minimum absolute atomic E-state index is 0. The summed E-state index contributed by atoms with van der Waals surface area (Å²) in [6.07, 6.45) is 2.10. The summed E-state index contributed by atoms with van der Waals surface area (Å²) in [4.78, 5) is 13.6. The van der Waals surface area contributed by atoms with E-state index in [1.807, 2.05) is 12.1 Å². The predicted octanol–water partition coefficient (Wildman–Crippen LogP) is 3.30. The molecule has 3 heteroatoms. The van der Waals surface area contributed by atoms with Crippen LogP contribution in [0.4, 0.5) is 5.69 Å². The second kappa shape index (κ2) is 7.99. The standard InChI is InChI=1S/C14H21NO.Y/c1-5-9-15(4)14-8-7-13(11(3)16)10-12(14)6-2;/h7-8,10H,5-6,9H2,1-4H3;. The first-order valence-electron chi connectivity index (χ1n) is 5.95. The van der Waals surface area contributed by atoms with Gasteiger partial charge in [-0.15, -0.1) is 0 Å². The Balaban J connectivity index is 0.00000256. The van der Waals surface area contributed by atoms with Crippen molar-refractivity contribution in [3.8, 4) is 0 Å². The van der Waals surface area contributed by atoms with E-state index in [-0.39, 0.29) is 38.5 Å². The topological polar surface area (TPSA) is 20.3 Å². The van der Waals surface area contributed by atoms with Crippen LogP contribution in [0.15, 0.2) is 18.2 Å². The van der Waals surface area contributed by atoms with Crippen molar-refractivity contribution >= 4 is 11.5 Å². The molecule has 0 saturated heterocycles. The Labute approximate surface area is 130 Å². The molecule has 1 rings (SSSR count). The van der Waals surface area contributed by atoms with Crippen LogP contribution >= 0.6 is 0 Å². The second-order valence-electron chi connectivity index (χ2n) is 4.17. The molecular weight excluding hydrogens is 287 g/mol. The molecule has 2 nitrogen and oxygen atoms in total. The summed E-state index contributed by atoms with van der Waals surface area (Å²) >= 11 is 0. The molecule has 1 aromatic rings. The maximum Gasteiger partial charge on any atom is 0.159 e. The van der Waals surface area contributed by atoms with E-state index in [1.165, 1.54) is 11.3 Å². The average molecular weight is 308 g/mol. The number of Topliss-reactive ketones (excluding diaryl/α,β-unsaturated/α-hetero) is 1. The molecule has 91 valence electrons. The first-order chi connectivity index (χ1) is 7.60. The summed E-state index contributed by atoms with van der Waals surface area (Å²) in [5, 5.41) is 0. The Bertz CT molecular complexity index is 376. The molecule has 0 aliphatic heterocycles. The molecule has 0 unspecified atom stereocenters. The Morgan fingerprint density at radius 2 is 1.94 bits per heavy atom. The number of ketones is 1. The zero-order valence-electron chi connectivity index (χ0n) is 11.3. The number of nitrogens with zero attached hydrogens (tertiary/aromatic N) is 1. The van der Waals surface area contributed by atoms with Crippen LogP contribution in [0.2, 0.25) is 0 Å². The molecule has 0 bridgehead atoms. The smallest absolute Gasteiger partial charge is 0.159 e. The Morgan fingerprint density at radius 3 is 2.41 bits per heavy atom. The number of carbonyl (C=O) groups is 1. The van der Waals surface area contributed by atoms with Crippen molar-refractivity contribution < 1.29 is 37.5 Å². The van der Waals surface area contributed by atoms with Crippen LogP contribution in [0.5, 0.6) is 0 Å². The molecular formula is C14H21NOY. The van der Waals surface area contributed by atoms with Gasteiger partial charge in [0.2, 0.25) is 0 Å². The number of rotatable bonds is 5. The van der Waals surface area contributed by atoms with E-state index in [0.29, 0.717) is 0 Å². The summed E-state index contributed by atoms with van der Waals surface area (Å²) < 4.78 is 0. The number of anilines is 1. The van der Waals surface area contributed by atoms with Gasteiger partial charge in [-0.25, -0.2) is 0 Å². The van der Waals surface area contributed by atoms with Crippen LogP contribution in [0.1, 0.15) is 43.1 Å². The van der Waals surface area contributed by atoms with Gasteiger partial charge < -0.3 is 4.90 Å². The third kappa shape index (κ3) is 4.52. The molecule has 0 amide bonds. The van der Waals surface area contributed by atoms with Gasteiger partial charge in [-0.3, -0.25) is 4.79 Å². The number of benzene rings is 1. The van der Waals surface area contributed by atoms with Gasteiger partial charge in [-0.2, -0.15) is 0 Å². The molecule has 1 aromatic carbocycles. The zero-order valence-corrected chi connectivity index (χ0v) is 14.1. The summed E-state index contributed by atoms with van der Waals surface area (Å²) in [5.74, 6) is 0.138. The molecule has 0 aliphatic carbocycles. The van der Waals surface area contributed by atoms with Crippen LogP contribution in [0.3, 0.4) is 0 Å².